The molecular formula is C14H25N3O. The fourth-order valence-electron chi connectivity index (χ4n) is 2.97. The Labute approximate surface area is 110 Å². The molecule has 1 aliphatic heterocycles. The third kappa shape index (κ3) is 2.75. The van der Waals surface area contributed by atoms with Crippen LogP contribution in [0.4, 0.5) is 0 Å². The number of nitrogens with two attached hydrogens (primary N) is 1. The maximum Gasteiger partial charge on any atom is 0.0857 e. The molecule has 1 aromatic rings. The molecule has 0 aromatic carbocycles. The zero-order valence-corrected chi connectivity index (χ0v) is 12.1. The van der Waals surface area contributed by atoms with Crippen molar-refractivity contribution >= 4 is 0 Å². The SMILES string of the molecule is CC(N)Cc1cnn(C2CC(C)(C)OC2(C)C)c1. The number of rotatable bonds is 3. The summed E-state index contributed by atoms with van der Waals surface area (Å²) < 4.78 is 8.16. The number of aromatic nitrogens is 2. The third-order valence-electron chi connectivity index (χ3n) is 3.56. The molecule has 102 valence electrons. The second-order valence-corrected chi connectivity index (χ2v) is 6.70. The second kappa shape index (κ2) is 4.35. The molecule has 1 aromatic heterocycles. The second-order valence-electron chi connectivity index (χ2n) is 6.70. The molecule has 0 bridgehead atoms. The van der Waals surface area contributed by atoms with Crippen LogP contribution in [0.5, 0.6) is 0 Å². The van der Waals surface area contributed by atoms with Crippen LogP contribution in [0, 0.1) is 0 Å². The van der Waals surface area contributed by atoms with Crippen LogP contribution in [0.2, 0.25) is 0 Å². The van der Waals surface area contributed by atoms with E-state index in [-0.39, 0.29) is 23.3 Å². The first-order valence-electron chi connectivity index (χ1n) is 6.68. The van der Waals surface area contributed by atoms with Crippen molar-refractivity contribution in [2.75, 3.05) is 0 Å². The lowest BCUT2D eigenvalue weighted by molar-refractivity contribution is -0.0737. The van der Waals surface area contributed by atoms with Crippen molar-refractivity contribution in [3.63, 3.8) is 0 Å². The van der Waals surface area contributed by atoms with E-state index < -0.39 is 0 Å². The lowest BCUT2D eigenvalue weighted by atomic mass is 9.95. The summed E-state index contributed by atoms with van der Waals surface area (Å²) in [7, 11) is 0. The van der Waals surface area contributed by atoms with Gasteiger partial charge in [0.05, 0.1) is 23.4 Å². The topological polar surface area (TPSA) is 53.1 Å². The monoisotopic (exact) mass is 251 g/mol. The van der Waals surface area contributed by atoms with E-state index in [4.69, 9.17) is 10.5 Å². The largest absolute Gasteiger partial charge is 0.367 e. The molecule has 2 heterocycles. The summed E-state index contributed by atoms with van der Waals surface area (Å²) in [6.45, 7) is 10.6. The van der Waals surface area contributed by atoms with Crippen LogP contribution in [-0.4, -0.2) is 27.0 Å². The van der Waals surface area contributed by atoms with E-state index in [2.05, 4.69) is 39.0 Å². The molecule has 0 spiro atoms. The third-order valence-corrected chi connectivity index (χ3v) is 3.56. The molecule has 0 saturated carbocycles. The lowest BCUT2D eigenvalue weighted by Gasteiger charge is -2.27. The molecule has 4 heteroatoms. The molecule has 0 amide bonds. The van der Waals surface area contributed by atoms with Crippen molar-refractivity contribution in [3.05, 3.63) is 18.0 Å². The average Bonchev–Trinajstić information content (AvgIpc) is 2.66. The molecule has 1 aliphatic rings. The van der Waals surface area contributed by atoms with Gasteiger partial charge in [0.2, 0.25) is 0 Å². The summed E-state index contributed by atoms with van der Waals surface area (Å²) in [5.41, 5.74) is 6.76. The van der Waals surface area contributed by atoms with Gasteiger partial charge in [-0.25, -0.2) is 0 Å². The Kier molecular flexibility index (Phi) is 3.28. The smallest absolute Gasteiger partial charge is 0.0857 e. The number of hydrogen-bond acceptors (Lipinski definition) is 3. The van der Waals surface area contributed by atoms with Gasteiger partial charge in [-0.05, 0) is 46.6 Å². The summed E-state index contributed by atoms with van der Waals surface area (Å²) in [5, 5.41) is 4.49. The molecule has 0 radical (unpaired) electrons. The van der Waals surface area contributed by atoms with Crippen molar-refractivity contribution in [2.45, 2.75) is 70.7 Å². The molecular weight excluding hydrogens is 226 g/mol. The maximum absolute atomic E-state index is 6.11. The van der Waals surface area contributed by atoms with Gasteiger partial charge in [0.1, 0.15) is 0 Å². The van der Waals surface area contributed by atoms with E-state index in [1.54, 1.807) is 0 Å². The van der Waals surface area contributed by atoms with Gasteiger partial charge >= 0.3 is 0 Å². The van der Waals surface area contributed by atoms with Gasteiger partial charge in [-0.3, -0.25) is 4.68 Å². The Bertz CT molecular complexity index is 420. The highest BCUT2D eigenvalue weighted by atomic mass is 16.5. The van der Waals surface area contributed by atoms with Crippen LogP contribution in [0.25, 0.3) is 0 Å². The minimum atomic E-state index is -0.179. The van der Waals surface area contributed by atoms with Gasteiger partial charge < -0.3 is 10.5 Å². The molecule has 2 rings (SSSR count). The highest BCUT2D eigenvalue weighted by Crippen LogP contribution is 2.44. The first kappa shape index (κ1) is 13.6. The number of nitrogens with zero attached hydrogens (tertiary/aromatic N) is 2. The number of hydrogen-bond donors (Lipinski definition) is 1. The Morgan fingerprint density at radius 3 is 2.67 bits per heavy atom. The van der Waals surface area contributed by atoms with E-state index >= 15 is 0 Å². The van der Waals surface area contributed by atoms with Crippen molar-refractivity contribution < 1.29 is 4.74 Å². The lowest BCUT2D eigenvalue weighted by Crippen LogP contribution is -2.31. The fourth-order valence-corrected chi connectivity index (χ4v) is 2.97. The van der Waals surface area contributed by atoms with Crippen molar-refractivity contribution in [1.82, 2.24) is 9.78 Å². The predicted molar refractivity (Wildman–Crippen MR) is 72.5 cm³/mol. The fraction of sp³-hybridized carbons (Fsp3) is 0.786. The summed E-state index contributed by atoms with van der Waals surface area (Å²) >= 11 is 0. The van der Waals surface area contributed by atoms with Crippen molar-refractivity contribution in [1.29, 1.82) is 0 Å². The molecule has 4 nitrogen and oxygen atoms in total. The molecule has 2 N–H and O–H groups in total. The molecule has 0 aliphatic carbocycles. The molecule has 2 atom stereocenters. The first-order chi connectivity index (χ1) is 8.20. The van der Waals surface area contributed by atoms with Crippen LogP contribution in [-0.2, 0) is 11.2 Å². The Hall–Kier alpha value is -0.870. The van der Waals surface area contributed by atoms with Crippen LogP contribution in [0.15, 0.2) is 12.4 Å². The number of ether oxygens (including phenoxy) is 1. The molecule has 18 heavy (non-hydrogen) atoms. The predicted octanol–water partition coefficient (Wildman–Crippen LogP) is 2.29. The van der Waals surface area contributed by atoms with Crippen molar-refractivity contribution in [3.8, 4) is 0 Å². The minimum Gasteiger partial charge on any atom is -0.367 e. The van der Waals surface area contributed by atoms with Crippen LogP contribution in [0.3, 0.4) is 0 Å². The summed E-state index contributed by atoms with van der Waals surface area (Å²) in [6.07, 6.45) is 5.89. The quantitative estimate of drug-likeness (QED) is 0.896. The Morgan fingerprint density at radius 2 is 2.17 bits per heavy atom. The maximum atomic E-state index is 6.11. The van der Waals surface area contributed by atoms with Gasteiger partial charge in [0.25, 0.3) is 0 Å². The zero-order chi connectivity index (χ0) is 13.6. The van der Waals surface area contributed by atoms with Crippen LogP contribution < -0.4 is 5.73 Å². The van der Waals surface area contributed by atoms with Gasteiger partial charge in [-0.15, -0.1) is 0 Å². The average molecular weight is 251 g/mol. The highest BCUT2D eigenvalue weighted by molar-refractivity contribution is 5.08. The highest BCUT2D eigenvalue weighted by Gasteiger charge is 2.47. The standard InChI is InChI=1S/C14H25N3O/c1-10(15)6-11-8-16-17(9-11)12-7-13(2,3)18-14(12,4)5/h8-10,12H,6-7,15H2,1-5H3. The van der Waals surface area contributed by atoms with E-state index in [0.717, 1.165) is 12.8 Å². The van der Waals surface area contributed by atoms with Crippen molar-refractivity contribution in [2.24, 2.45) is 5.73 Å². The van der Waals surface area contributed by atoms with E-state index in [9.17, 15) is 0 Å². The van der Waals surface area contributed by atoms with Crippen LogP contribution in [0.1, 0.15) is 52.6 Å². The minimum absolute atomic E-state index is 0.0819. The van der Waals surface area contributed by atoms with Crippen LogP contribution >= 0.6 is 0 Å². The van der Waals surface area contributed by atoms with Gasteiger partial charge in [-0.2, -0.15) is 5.10 Å². The molecule has 2 unspecified atom stereocenters. The Morgan fingerprint density at radius 1 is 1.50 bits per heavy atom. The summed E-state index contributed by atoms with van der Waals surface area (Å²) in [6, 6.07) is 0.459. The Balaban J connectivity index is 2.19. The van der Waals surface area contributed by atoms with Gasteiger partial charge in [0, 0.05) is 18.7 Å². The van der Waals surface area contributed by atoms with Gasteiger partial charge in [0.15, 0.2) is 0 Å². The molecule has 1 fully saturated rings. The molecule has 1 saturated heterocycles. The summed E-state index contributed by atoms with van der Waals surface area (Å²) in [4.78, 5) is 0. The first-order valence-corrected chi connectivity index (χ1v) is 6.68. The van der Waals surface area contributed by atoms with E-state index in [1.165, 1.54) is 5.56 Å². The van der Waals surface area contributed by atoms with Gasteiger partial charge in [-0.1, -0.05) is 0 Å². The zero-order valence-electron chi connectivity index (χ0n) is 12.1. The summed E-state index contributed by atoms with van der Waals surface area (Å²) in [5.74, 6) is 0. The van der Waals surface area contributed by atoms with E-state index in [1.807, 2.05) is 17.8 Å². The van der Waals surface area contributed by atoms with E-state index in [0.29, 0.717) is 0 Å². The normalized spacial score (nSPS) is 27.3.